The molecule has 3 heterocycles. The molecule has 34 heavy (non-hydrogen) atoms. The summed E-state index contributed by atoms with van der Waals surface area (Å²) in [5, 5.41) is 16.9. The van der Waals surface area contributed by atoms with Crippen molar-refractivity contribution >= 4 is 28.2 Å². The van der Waals surface area contributed by atoms with Gasteiger partial charge in [-0.2, -0.15) is 13.2 Å². The number of nitrogens with zero attached hydrogens (tertiary/aromatic N) is 3. The first-order chi connectivity index (χ1) is 16.0. The number of anilines is 1. The number of alkyl halides is 3. The molecular weight excluding hydrogens is 476 g/mol. The van der Waals surface area contributed by atoms with Crippen molar-refractivity contribution < 1.29 is 27.2 Å². The van der Waals surface area contributed by atoms with Crippen LogP contribution in [-0.4, -0.2) is 32.8 Å². The number of hydrogen-bond donors (Lipinski definition) is 1. The van der Waals surface area contributed by atoms with Gasteiger partial charge in [0.1, 0.15) is 5.82 Å². The van der Waals surface area contributed by atoms with Gasteiger partial charge in [-0.05, 0) is 43.2 Å². The third kappa shape index (κ3) is 4.56. The van der Waals surface area contributed by atoms with Crippen LogP contribution in [-0.2, 0) is 17.4 Å². The van der Waals surface area contributed by atoms with E-state index in [0.717, 1.165) is 23.5 Å². The van der Waals surface area contributed by atoms with Gasteiger partial charge in [0, 0.05) is 34.9 Å². The van der Waals surface area contributed by atoms with Crippen LogP contribution in [0.5, 0.6) is 0 Å². The number of ketones is 1. The number of Topliss-reactive ketones (excluding diaryl/α,β-unsaturated/α-hetero) is 1. The molecule has 0 saturated heterocycles. The third-order valence-corrected chi connectivity index (χ3v) is 6.27. The average molecular weight is 493 g/mol. The molecule has 0 spiro atoms. The summed E-state index contributed by atoms with van der Waals surface area (Å²) < 4.78 is 52.6. The number of rotatable bonds is 4. The highest BCUT2D eigenvalue weighted by Gasteiger charge is 2.33. The summed E-state index contributed by atoms with van der Waals surface area (Å²) in [5.41, 5.74) is -0.0858. The van der Waals surface area contributed by atoms with Crippen LogP contribution in [0.15, 0.2) is 36.0 Å². The number of halogens is 4. The first-order valence-electron chi connectivity index (χ1n) is 10.1. The quantitative estimate of drug-likeness (QED) is 0.515. The van der Waals surface area contributed by atoms with E-state index in [1.165, 1.54) is 24.7 Å². The molecule has 178 valence electrons. The van der Waals surface area contributed by atoms with Gasteiger partial charge >= 0.3 is 6.18 Å². The molecule has 12 heteroatoms. The van der Waals surface area contributed by atoms with E-state index in [9.17, 15) is 32.4 Å². The highest BCUT2D eigenvalue weighted by atomic mass is 32.1. The van der Waals surface area contributed by atoms with Crippen LogP contribution in [0.1, 0.15) is 46.9 Å². The van der Waals surface area contributed by atoms with Gasteiger partial charge in [0.15, 0.2) is 10.9 Å². The smallest absolute Gasteiger partial charge is 0.416 e. The largest absolute Gasteiger partial charge is 0.784 e. The molecule has 4 rings (SSSR count). The van der Waals surface area contributed by atoms with Crippen LogP contribution in [0.2, 0.25) is 0 Å². The van der Waals surface area contributed by atoms with Crippen molar-refractivity contribution in [1.82, 2.24) is 15.0 Å². The Morgan fingerprint density at radius 2 is 1.94 bits per heavy atom. The average Bonchev–Trinajstić information content (AvgIpc) is 3.23. The van der Waals surface area contributed by atoms with Crippen LogP contribution in [0.25, 0.3) is 11.3 Å². The number of nitrogens with one attached hydrogen (secondary N) is 1. The fourth-order valence-corrected chi connectivity index (χ4v) is 4.51. The Bertz CT molecular complexity index is 1280. The van der Waals surface area contributed by atoms with E-state index in [0.29, 0.717) is 22.3 Å². The first kappa shape index (κ1) is 23.9. The van der Waals surface area contributed by atoms with Gasteiger partial charge in [-0.15, -0.1) is 11.3 Å². The lowest BCUT2D eigenvalue weighted by Crippen LogP contribution is -2.42. The Morgan fingerprint density at radius 3 is 2.65 bits per heavy atom. The maximum absolute atomic E-state index is 13.7. The Hall–Kier alpha value is -3.22. The van der Waals surface area contributed by atoms with Crippen molar-refractivity contribution in [3.8, 4) is 11.3 Å². The first-order valence-corrected chi connectivity index (χ1v) is 10.9. The van der Waals surface area contributed by atoms with E-state index >= 15 is 0 Å². The lowest BCUT2D eigenvalue weighted by Gasteiger charge is -2.44. The number of pyridine rings is 1. The predicted octanol–water partition coefficient (Wildman–Crippen LogP) is 4.99. The normalized spacial score (nSPS) is 18.6. The molecule has 2 unspecified atom stereocenters. The van der Waals surface area contributed by atoms with Gasteiger partial charge in [-0.25, -0.2) is 9.37 Å². The number of hydroxylamine groups is 2. The molecule has 1 amide bonds. The number of benzene rings is 1. The molecule has 1 aromatic carbocycles. The number of carbonyl (C=O) groups excluding carboxylic acids is 2. The number of aromatic nitrogens is 2. The molecule has 2 atom stereocenters. The van der Waals surface area contributed by atoms with Gasteiger partial charge < -0.3 is 15.6 Å². The fraction of sp³-hybridized carbons (Fsp3) is 0.273. The monoisotopic (exact) mass is 493 g/mol. The van der Waals surface area contributed by atoms with Crippen molar-refractivity contribution in [2.45, 2.75) is 38.5 Å². The Kier molecular flexibility index (Phi) is 6.23. The third-order valence-electron chi connectivity index (χ3n) is 5.52. The zero-order valence-corrected chi connectivity index (χ0v) is 18.6. The van der Waals surface area contributed by atoms with Gasteiger partial charge in [-0.1, -0.05) is 0 Å². The minimum absolute atomic E-state index is 0.0671. The molecule has 1 N–H and O–H groups in total. The van der Waals surface area contributed by atoms with Crippen LogP contribution < -0.4 is 5.32 Å². The number of fused-ring (bicyclic) bond motifs is 1. The van der Waals surface area contributed by atoms with Crippen molar-refractivity contribution in [2.24, 2.45) is 0 Å². The van der Waals surface area contributed by atoms with Gasteiger partial charge in [-0.3, -0.25) is 14.6 Å². The van der Waals surface area contributed by atoms with E-state index < -0.39 is 41.3 Å². The van der Waals surface area contributed by atoms with Crippen LogP contribution in [0.3, 0.4) is 0 Å². The zero-order chi connectivity index (χ0) is 24.8. The molecule has 1 aliphatic rings. The SMILES string of the molecule is CC1C(=O)c2c(CC(=O)Nc3nc(-c4cc(F)cc(C(F)(F)F)c4)cs3)cncc2C(C)N1[O-]. The molecule has 0 saturated carbocycles. The minimum atomic E-state index is -4.72. The van der Waals surface area contributed by atoms with Crippen molar-refractivity contribution in [2.75, 3.05) is 5.32 Å². The van der Waals surface area contributed by atoms with Crippen molar-refractivity contribution in [1.29, 1.82) is 0 Å². The number of hydrogen-bond acceptors (Lipinski definition) is 7. The van der Waals surface area contributed by atoms with Crippen molar-refractivity contribution in [3.63, 3.8) is 0 Å². The summed E-state index contributed by atoms with van der Waals surface area (Å²) in [7, 11) is 0. The van der Waals surface area contributed by atoms with Gasteiger partial charge in [0.25, 0.3) is 0 Å². The molecule has 0 bridgehead atoms. The summed E-state index contributed by atoms with van der Waals surface area (Å²) in [5.74, 6) is -2.00. The van der Waals surface area contributed by atoms with Crippen molar-refractivity contribution in [3.05, 3.63) is 69.3 Å². The number of amides is 1. The second-order valence-corrected chi connectivity index (χ2v) is 8.69. The standard InChI is InChI=1S/C22H17F4N4O3S/c1-10-16-8-27-7-13(19(16)20(32)11(2)30(10)33)5-18(31)29-21-28-17(9-34-21)12-3-14(22(24,25)26)6-15(23)4-12/h3-4,6-11H,5H2,1-2H3,(H,28,29,31)/q-1. The van der Waals surface area contributed by atoms with E-state index in [1.54, 1.807) is 6.92 Å². The fourth-order valence-electron chi connectivity index (χ4n) is 3.77. The highest BCUT2D eigenvalue weighted by molar-refractivity contribution is 7.14. The molecule has 0 aliphatic carbocycles. The second kappa shape index (κ2) is 8.85. The lowest BCUT2D eigenvalue weighted by molar-refractivity contribution is -0.137. The predicted molar refractivity (Wildman–Crippen MR) is 116 cm³/mol. The summed E-state index contributed by atoms with van der Waals surface area (Å²) in [6, 6.07) is 0.584. The van der Waals surface area contributed by atoms with Crippen LogP contribution in [0, 0.1) is 11.0 Å². The molecular formula is C22H17F4N4O3S-. The lowest BCUT2D eigenvalue weighted by atomic mass is 9.87. The van der Waals surface area contributed by atoms with Crippen LogP contribution in [0.4, 0.5) is 22.7 Å². The molecule has 1 aliphatic heterocycles. The second-order valence-electron chi connectivity index (χ2n) is 7.83. The number of thiazole rings is 1. The van der Waals surface area contributed by atoms with E-state index in [2.05, 4.69) is 15.3 Å². The Labute approximate surface area is 195 Å². The van der Waals surface area contributed by atoms with E-state index in [1.807, 2.05) is 0 Å². The Morgan fingerprint density at radius 1 is 1.21 bits per heavy atom. The molecule has 3 aromatic rings. The van der Waals surface area contributed by atoms with E-state index in [4.69, 9.17) is 0 Å². The van der Waals surface area contributed by atoms with Gasteiger partial charge in [0.05, 0.1) is 23.7 Å². The molecule has 2 aromatic heterocycles. The molecule has 7 nitrogen and oxygen atoms in total. The summed E-state index contributed by atoms with van der Waals surface area (Å²) >= 11 is 0.956. The molecule has 0 fully saturated rings. The Balaban J connectivity index is 1.54. The van der Waals surface area contributed by atoms with Gasteiger partial charge in [0.2, 0.25) is 5.91 Å². The minimum Gasteiger partial charge on any atom is -0.784 e. The summed E-state index contributed by atoms with van der Waals surface area (Å²) in [6.45, 7) is 3.14. The van der Waals surface area contributed by atoms with Crippen LogP contribution >= 0.6 is 11.3 Å². The topological polar surface area (TPSA) is 98.2 Å². The number of carbonyl (C=O) groups is 2. The zero-order valence-electron chi connectivity index (χ0n) is 17.8. The maximum atomic E-state index is 13.7. The van der Waals surface area contributed by atoms with E-state index in [-0.39, 0.29) is 28.4 Å². The molecule has 0 radical (unpaired) electrons. The summed E-state index contributed by atoms with van der Waals surface area (Å²) in [4.78, 5) is 33.4. The summed E-state index contributed by atoms with van der Waals surface area (Å²) in [6.07, 6.45) is -2.14. The maximum Gasteiger partial charge on any atom is 0.416 e. The highest BCUT2D eigenvalue weighted by Crippen LogP contribution is 2.35.